The van der Waals surface area contributed by atoms with Gasteiger partial charge in [-0.15, -0.1) is 0 Å². The van der Waals surface area contributed by atoms with Crippen molar-refractivity contribution in [1.29, 1.82) is 5.26 Å². The first-order valence-corrected chi connectivity index (χ1v) is 11.3. The van der Waals surface area contributed by atoms with E-state index in [2.05, 4.69) is 22.8 Å². The lowest BCUT2D eigenvalue weighted by atomic mass is 9.78. The topological polar surface area (TPSA) is 109 Å². The highest BCUT2D eigenvalue weighted by atomic mass is 16.5. The molecule has 0 spiro atoms. The van der Waals surface area contributed by atoms with Crippen LogP contribution in [0.2, 0.25) is 0 Å². The summed E-state index contributed by atoms with van der Waals surface area (Å²) in [5, 5.41) is 15.7. The summed E-state index contributed by atoms with van der Waals surface area (Å²) in [6.45, 7) is 1.82. The van der Waals surface area contributed by atoms with E-state index in [-0.39, 0.29) is 11.7 Å². The van der Waals surface area contributed by atoms with Crippen molar-refractivity contribution in [2.45, 2.75) is 37.8 Å². The van der Waals surface area contributed by atoms with Crippen LogP contribution in [0.5, 0.6) is 0 Å². The Kier molecular flexibility index (Phi) is 5.75. The molecular formula is C25H26N4O4. The first-order valence-electron chi connectivity index (χ1n) is 11.3. The average Bonchev–Trinajstić information content (AvgIpc) is 2.97. The van der Waals surface area contributed by atoms with Gasteiger partial charge in [0.05, 0.1) is 11.6 Å². The number of carbonyl (C=O) groups is 1. The SMILES string of the molecule is Cn1c(=O)oc2ccc(-c3ccc(CC(C#N)NC(=O)C4CNCCCO4)c4c3CC4)cc21. The van der Waals surface area contributed by atoms with Crippen LogP contribution in [0.25, 0.3) is 22.2 Å². The third-order valence-electron chi connectivity index (χ3n) is 6.59. The number of benzene rings is 2. The highest BCUT2D eigenvalue weighted by Gasteiger charge is 2.26. The molecule has 2 heterocycles. The van der Waals surface area contributed by atoms with E-state index < -0.39 is 12.1 Å². The molecule has 170 valence electrons. The van der Waals surface area contributed by atoms with Gasteiger partial charge in [-0.2, -0.15) is 5.26 Å². The van der Waals surface area contributed by atoms with Crippen LogP contribution in [0.3, 0.4) is 0 Å². The quantitative estimate of drug-likeness (QED) is 0.619. The molecule has 1 aliphatic carbocycles. The van der Waals surface area contributed by atoms with Crippen LogP contribution in [0.1, 0.15) is 23.1 Å². The monoisotopic (exact) mass is 446 g/mol. The van der Waals surface area contributed by atoms with Crippen molar-refractivity contribution in [1.82, 2.24) is 15.2 Å². The Hall–Kier alpha value is -3.41. The van der Waals surface area contributed by atoms with E-state index in [1.54, 1.807) is 7.05 Å². The average molecular weight is 447 g/mol. The van der Waals surface area contributed by atoms with E-state index in [0.717, 1.165) is 48.0 Å². The maximum Gasteiger partial charge on any atom is 0.419 e. The molecule has 2 aromatic carbocycles. The lowest BCUT2D eigenvalue weighted by Crippen LogP contribution is -2.46. The largest absolute Gasteiger partial charge is 0.419 e. The van der Waals surface area contributed by atoms with Gasteiger partial charge in [0.2, 0.25) is 0 Å². The molecule has 1 fully saturated rings. The van der Waals surface area contributed by atoms with Crippen LogP contribution in [-0.4, -0.2) is 42.3 Å². The van der Waals surface area contributed by atoms with Crippen molar-refractivity contribution in [2.24, 2.45) is 7.05 Å². The number of rotatable bonds is 5. The van der Waals surface area contributed by atoms with Gasteiger partial charge in [0.25, 0.3) is 5.91 Å². The molecule has 5 rings (SSSR count). The summed E-state index contributed by atoms with van der Waals surface area (Å²) in [6, 6.07) is 11.5. The highest BCUT2D eigenvalue weighted by molar-refractivity contribution is 5.83. The summed E-state index contributed by atoms with van der Waals surface area (Å²) in [7, 11) is 1.70. The van der Waals surface area contributed by atoms with E-state index in [4.69, 9.17) is 9.15 Å². The van der Waals surface area contributed by atoms with Crippen molar-refractivity contribution in [2.75, 3.05) is 19.7 Å². The van der Waals surface area contributed by atoms with Crippen LogP contribution in [0.4, 0.5) is 0 Å². The number of nitrogens with one attached hydrogen (secondary N) is 2. The van der Waals surface area contributed by atoms with Crippen LogP contribution in [0.15, 0.2) is 39.5 Å². The lowest BCUT2D eigenvalue weighted by Gasteiger charge is -2.27. The molecule has 2 atom stereocenters. The van der Waals surface area contributed by atoms with Crippen LogP contribution >= 0.6 is 0 Å². The number of hydrogen-bond acceptors (Lipinski definition) is 6. The number of aryl methyl sites for hydroxylation is 1. The smallest absolute Gasteiger partial charge is 0.408 e. The van der Waals surface area contributed by atoms with Crippen molar-refractivity contribution < 1.29 is 13.9 Å². The predicted molar refractivity (Wildman–Crippen MR) is 123 cm³/mol. The molecule has 8 nitrogen and oxygen atoms in total. The Morgan fingerprint density at radius 1 is 1.30 bits per heavy atom. The predicted octanol–water partition coefficient (Wildman–Crippen LogP) is 1.83. The van der Waals surface area contributed by atoms with Gasteiger partial charge in [0.15, 0.2) is 5.58 Å². The van der Waals surface area contributed by atoms with Gasteiger partial charge in [-0.25, -0.2) is 4.79 Å². The standard InChI is InChI=1S/C25H26N4O4/c1-29-21-12-16(4-8-22(21)33-25(29)31)18-5-3-15(19-6-7-20(18)19)11-17(13-26)28-24(30)23-14-27-9-2-10-32-23/h3-5,8,12,17,23,27H,2,6-7,9-11,14H2,1H3,(H,28,30). The third-order valence-corrected chi connectivity index (χ3v) is 6.59. The minimum atomic E-state index is -0.614. The van der Waals surface area contributed by atoms with Crippen molar-refractivity contribution in [3.8, 4) is 17.2 Å². The summed E-state index contributed by atoms with van der Waals surface area (Å²) < 4.78 is 12.4. The zero-order valence-electron chi connectivity index (χ0n) is 18.5. The zero-order chi connectivity index (χ0) is 22.9. The maximum absolute atomic E-state index is 12.6. The number of amides is 1. The fraction of sp³-hybridized carbons (Fsp3) is 0.400. The van der Waals surface area contributed by atoms with Gasteiger partial charge in [0, 0.05) is 26.6 Å². The van der Waals surface area contributed by atoms with E-state index in [1.165, 1.54) is 15.7 Å². The minimum absolute atomic E-state index is 0.245. The fourth-order valence-corrected chi connectivity index (χ4v) is 4.66. The molecule has 0 bridgehead atoms. The summed E-state index contributed by atoms with van der Waals surface area (Å²) in [5.41, 5.74) is 7.09. The van der Waals surface area contributed by atoms with Gasteiger partial charge in [-0.1, -0.05) is 18.2 Å². The molecule has 0 radical (unpaired) electrons. The number of nitrogens with zero attached hydrogens (tertiary/aromatic N) is 2. The minimum Gasteiger partial charge on any atom is -0.408 e. The molecule has 2 N–H and O–H groups in total. The summed E-state index contributed by atoms with van der Waals surface area (Å²) >= 11 is 0. The van der Waals surface area contributed by atoms with Gasteiger partial charge in [-0.05, 0) is 65.8 Å². The Bertz CT molecular complexity index is 1310. The summed E-state index contributed by atoms with van der Waals surface area (Å²) in [4.78, 5) is 24.4. The number of carbonyl (C=O) groups excluding carboxylic acids is 1. The number of nitriles is 1. The lowest BCUT2D eigenvalue weighted by molar-refractivity contribution is -0.132. The second-order valence-corrected chi connectivity index (χ2v) is 8.65. The first kappa shape index (κ1) is 21.4. The molecule has 1 saturated heterocycles. The highest BCUT2D eigenvalue weighted by Crippen LogP contribution is 2.37. The second kappa shape index (κ2) is 8.85. The van der Waals surface area contributed by atoms with Gasteiger partial charge >= 0.3 is 5.76 Å². The van der Waals surface area contributed by atoms with Crippen molar-refractivity contribution in [3.05, 3.63) is 57.6 Å². The Morgan fingerprint density at radius 2 is 2.15 bits per heavy atom. The Morgan fingerprint density at radius 3 is 2.94 bits per heavy atom. The molecule has 1 aliphatic heterocycles. The van der Waals surface area contributed by atoms with Crippen LogP contribution in [-0.2, 0) is 35.8 Å². The number of oxazole rings is 1. The van der Waals surface area contributed by atoms with Crippen molar-refractivity contribution >= 4 is 17.0 Å². The molecule has 8 heteroatoms. The molecule has 33 heavy (non-hydrogen) atoms. The van der Waals surface area contributed by atoms with E-state index in [0.29, 0.717) is 25.2 Å². The van der Waals surface area contributed by atoms with Gasteiger partial charge in [-0.3, -0.25) is 9.36 Å². The normalized spacial score (nSPS) is 18.6. The number of aromatic nitrogens is 1. The molecule has 2 unspecified atom stereocenters. The van der Waals surface area contributed by atoms with Gasteiger partial charge < -0.3 is 19.8 Å². The first-order chi connectivity index (χ1) is 16.0. The molecule has 2 aliphatic rings. The maximum atomic E-state index is 12.6. The van der Waals surface area contributed by atoms with E-state index in [1.807, 2.05) is 24.3 Å². The number of hydrogen-bond donors (Lipinski definition) is 2. The zero-order valence-corrected chi connectivity index (χ0v) is 18.5. The number of ether oxygens (including phenoxy) is 1. The van der Waals surface area contributed by atoms with E-state index in [9.17, 15) is 14.9 Å². The summed E-state index contributed by atoms with van der Waals surface area (Å²) in [5.74, 6) is -0.620. The second-order valence-electron chi connectivity index (χ2n) is 8.65. The van der Waals surface area contributed by atoms with Crippen molar-refractivity contribution in [3.63, 3.8) is 0 Å². The Balaban J connectivity index is 1.36. The van der Waals surface area contributed by atoms with E-state index >= 15 is 0 Å². The molecule has 1 amide bonds. The molecule has 1 aromatic heterocycles. The molecular weight excluding hydrogens is 420 g/mol. The fourth-order valence-electron chi connectivity index (χ4n) is 4.66. The molecule has 3 aromatic rings. The van der Waals surface area contributed by atoms with Gasteiger partial charge in [0.1, 0.15) is 12.1 Å². The van der Waals surface area contributed by atoms with Crippen LogP contribution < -0.4 is 16.4 Å². The van der Waals surface area contributed by atoms with Crippen LogP contribution in [0, 0.1) is 11.3 Å². The number of fused-ring (bicyclic) bond motifs is 2. The molecule has 0 saturated carbocycles. The Labute approximate surface area is 191 Å². The summed E-state index contributed by atoms with van der Waals surface area (Å²) in [6.07, 6.45) is 2.68. The third kappa shape index (κ3) is 4.06.